The molecule has 0 aliphatic rings. The standard InChI is InChI=1S/C17H16ClFN4O3/c1-10(24)21-13-6-7-14(19)15(8-13)23-17(26)20-9-16(25)22-12-4-2-11(18)3-5-12/h2-8H,9H2,1H3,(H,21,24)(H,22,25)(H2,20,23,26). The monoisotopic (exact) mass is 378 g/mol. The summed E-state index contributed by atoms with van der Waals surface area (Å²) in [5, 5.41) is 10.2. The van der Waals surface area contributed by atoms with E-state index in [9.17, 15) is 18.8 Å². The van der Waals surface area contributed by atoms with E-state index in [0.29, 0.717) is 16.4 Å². The third-order valence-electron chi connectivity index (χ3n) is 3.07. The van der Waals surface area contributed by atoms with Crippen molar-refractivity contribution in [2.24, 2.45) is 0 Å². The highest BCUT2D eigenvalue weighted by atomic mass is 35.5. The molecule has 0 heterocycles. The lowest BCUT2D eigenvalue weighted by Crippen LogP contribution is -2.36. The van der Waals surface area contributed by atoms with E-state index in [2.05, 4.69) is 21.3 Å². The lowest BCUT2D eigenvalue weighted by molar-refractivity contribution is -0.115. The maximum Gasteiger partial charge on any atom is 0.319 e. The first-order valence-corrected chi connectivity index (χ1v) is 7.88. The van der Waals surface area contributed by atoms with Crippen LogP contribution >= 0.6 is 11.6 Å². The van der Waals surface area contributed by atoms with Crippen molar-refractivity contribution in [2.45, 2.75) is 6.92 Å². The topological polar surface area (TPSA) is 99.3 Å². The predicted molar refractivity (Wildman–Crippen MR) is 97.8 cm³/mol. The zero-order valence-electron chi connectivity index (χ0n) is 13.7. The fourth-order valence-corrected chi connectivity index (χ4v) is 2.09. The molecule has 0 aliphatic carbocycles. The number of rotatable bonds is 5. The van der Waals surface area contributed by atoms with Gasteiger partial charge in [-0.1, -0.05) is 11.6 Å². The minimum Gasteiger partial charge on any atom is -0.329 e. The number of nitrogens with one attached hydrogen (secondary N) is 4. The molecule has 0 radical (unpaired) electrons. The smallest absolute Gasteiger partial charge is 0.319 e. The van der Waals surface area contributed by atoms with E-state index in [1.54, 1.807) is 24.3 Å². The Kier molecular flexibility index (Phi) is 6.51. The molecular formula is C17H16ClFN4O3. The number of amides is 4. The van der Waals surface area contributed by atoms with Crippen molar-refractivity contribution in [3.05, 3.63) is 53.3 Å². The van der Waals surface area contributed by atoms with Crippen molar-refractivity contribution >= 4 is 46.5 Å². The molecule has 0 unspecified atom stereocenters. The van der Waals surface area contributed by atoms with Crippen LogP contribution in [0, 0.1) is 5.82 Å². The second kappa shape index (κ2) is 8.82. The molecule has 0 bridgehead atoms. The Morgan fingerprint density at radius 2 is 1.62 bits per heavy atom. The van der Waals surface area contributed by atoms with Crippen LogP contribution in [-0.4, -0.2) is 24.4 Å². The van der Waals surface area contributed by atoms with Crippen LogP contribution in [0.3, 0.4) is 0 Å². The molecule has 2 aromatic carbocycles. The second-order valence-electron chi connectivity index (χ2n) is 5.24. The van der Waals surface area contributed by atoms with Gasteiger partial charge in [0.05, 0.1) is 12.2 Å². The Bertz CT molecular complexity index is 827. The summed E-state index contributed by atoms with van der Waals surface area (Å²) in [4.78, 5) is 34.6. The predicted octanol–water partition coefficient (Wildman–Crippen LogP) is 3.20. The van der Waals surface area contributed by atoms with E-state index in [4.69, 9.17) is 11.6 Å². The average molecular weight is 379 g/mol. The van der Waals surface area contributed by atoms with E-state index in [0.717, 1.165) is 6.07 Å². The van der Waals surface area contributed by atoms with E-state index in [-0.39, 0.29) is 18.1 Å². The number of halogens is 2. The Morgan fingerprint density at radius 1 is 0.962 bits per heavy atom. The van der Waals surface area contributed by atoms with Gasteiger partial charge in [-0.3, -0.25) is 9.59 Å². The Balaban J connectivity index is 1.87. The molecule has 4 N–H and O–H groups in total. The first-order chi connectivity index (χ1) is 12.3. The Hall–Kier alpha value is -3.13. The van der Waals surface area contributed by atoms with Gasteiger partial charge in [0.25, 0.3) is 0 Å². The summed E-state index contributed by atoms with van der Waals surface area (Å²) in [6.07, 6.45) is 0. The van der Waals surface area contributed by atoms with Gasteiger partial charge in [0, 0.05) is 23.3 Å². The van der Waals surface area contributed by atoms with Crippen LogP contribution in [0.4, 0.5) is 26.2 Å². The maximum atomic E-state index is 13.7. The molecule has 9 heteroatoms. The lowest BCUT2D eigenvalue weighted by atomic mass is 10.2. The summed E-state index contributed by atoms with van der Waals surface area (Å²) >= 11 is 5.75. The minimum absolute atomic E-state index is 0.133. The average Bonchev–Trinajstić information content (AvgIpc) is 2.58. The molecule has 4 amide bonds. The molecule has 0 atom stereocenters. The zero-order chi connectivity index (χ0) is 19.1. The minimum atomic E-state index is -0.768. The van der Waals surface area contributed by atoms with Crippen LogP contribution in [0.5, 0.6) is 0 Å². The number of urea groups is 1. The van der Waals surface area contributed by atoms with Crippen LogP contribution in [0.25, 0.3) is 0 Å². The van der Waals surface area contributed by atoms with Gasteiger partial charge in [0.1, 0.15) is 5.82 Å². The van der Waals surface area contributed by atoms with E-state index >= 15 is 0 Å². The van der Waals surface area contributed by atoms with E-state index in [1.807, 2.05) is 0 Å². The number of carbonyl (C=O) groups is 3. The van der Waals surface area contributed by atoms with Gasteiger partial charge in [0.2, 0.25) is 11.8 Å². The number of carbonyl (C=O) groups excluding carboxylic acids is 3. The third kappa shape index (κ3) is 6.06. The van der Waals surface area contributed by atoms with Crippen molar-refractivity contribution in [2.75, 3.05) is 22.5 Å². The molecule has 2 rings (SSSR count). The quantitative estimate of drug-likeness (QED) is 0.642. The van der Waals surface area contributed by atoms with Crippen LogP contribution < -0.4 is 21.3 Å². The van der Waals surface area contributed by atoms with Crippen LogP contribution in [-0.2, 0) is 9.59 Å². The van der Waals surface area contributed by atoms with Crippen molar-refractivity contribution in [3.63, 3.8) is 0 Å². The molecule has 7 nitrogen and oxygen atoms in total. The number of anilines is 3. The van der Waals surface area contributed by atoms with Gasteiger partial charge in [-0.25, -0.2) is 9.18 Å². The van der Waals surface area contributed by atoms with Gasteiger partial charge in [-0.15, -0.1) is 0 Å². The molecule has 26 heavy (non-hydrogen) atoms. The second-order valence-corrected chi connectivity index (χ2v) is 5.67. The SMILES string of the molecule is CC(=O)Nc1ccc(F)c(NC(=O)NCC(=O)Nc2ccc(Cl)cc2)c1. The summed E-state index contributed by atoms with van der Waals surface area (Å²) in [5.41, 5.74) is 0.720. The number of hydrogen-bond acceptors (Lipinski definition) is 3. The summed E-state index contributed by atoms with van der Waals surface area (Å²) in [6.45, 7) is 0.990. The van der Waals surface area contributed by atoms with Crippen molar-refractivity contribution in [3.8, 4) is 0 Å². The van der Waals surface area contributed by atoms with Gasteiger partial charge < -0.3 is 21.3 Å². The molecule has 0 aliphatic heterocycles. The van der Waals surface area contributed by atoms with Crippen molar-refractivity contribution in [1.82, 2.24) is 5.32 Å². The Morgan fingerprint density at radius 3 is 2.27 bits per heavy atom. The largest absolute Gasteiger partial charge is 0.329 e. The molecule has 0 saturated carbocycles. The number of hydrogen-bond donors (Lipinski definition) is 4. The fourth-order valence-electron chi connectivity index (χ4n) is 1.97. The molecule has 0 aromatic heterocycles. The van der Waals surface area contributed by atoms with Crippen LogP contribution in [0.15, 0.2) is 42.5 Å². The summed E-state index contributed by atoms with van der Waals surface area (Å²) in [6, 6.07) is 9.42. The molecular weight excluding hydrogens is 363 g/mol. The van der Waals surface area contributed by atoms with Crippen LogP contribution in [0.1, 0.15) is 6.92 Å². The zero-order valence-corrected chi connectivity index (χ0v) is 14.5. The first-order valence-electron chi connectivity index (χ1n) is 7.51. The summed E-state index contributed by atoms with van der Waals surface area (Å²) < 4.78 is 13.7. The van der Waals surface area contributed by atoms with Crippen LogP contribution in [0.2, 0.25) is 5.02 Å². The molecule has 136 valence electrons. The molecule has 0 fully saturated rings. The number of benzene rings is 2. The Labute approximate surface area is 153 Å². The van der Waals surface area contributed by atoms with Gasteiger partial charge >= 0.3 is 6.03 Å². The first kappa shape index (κ1) is 19.2. The molecule has 0 saturated heterocycles. The van der Waals surface area contributed by atoms with Gasteiger partial charge in [-0.2, -0.15) is 0 Å². The van der Waals surface area contributed by atoms with E-state index < -0.39 is 17.8 Å². The highest BCUT2D eigenvalue weighted by Crippen LogP contribution is 2.19. The van der Waals surface area contributed by atoms with Crippen molar-refractivity contribution < 1.29 is 18.8 Å². The highest BCUT2D eigenvalue weighted by Gasteiger charge is 2.10. The van der Waals surface area contributed by atoms with Crippen molar-refractivity contribution in [1.29, 1.82) is 0 Å². The fraction of sp³-hybridized carbons (Fsp3) is 0.118. The van der Waals surface area contributed by atoms with Gasteiger partial charge in [-0.05, 0) is 42.5 Å². The maximum absolute atomic E-state index is 13.7. The summed E-state index contributed by atoms with van der Waals surface area (Å²) in [7, 11) is 0. The lowest BCUT2D eigenvalue weighted by Gasteiger charge is -2.10. The molecule has 2 aromatic rings. The van der Waals surface area contributed by atoms with Gasteiger partial charge in [0.15, 0.2) is 0 Å². The highest BCUT2D eigenvalue weighted by molar-refractivity contribution is 6.30. The normalized spacial score (nSPS) is 9.96. The van der Waals surface area contributed by atoms with E-state index in [1.165, 1.54) is 19.1 Å². The third-order valence-corrected chi connectivity index (χ3v) is 3.32. The summed E-state index contributed by atoms with van der Waals surface area (Å²) in [5.74, 6) is -1.47. The molecule has 0 spiro atoms.